The van der Waals surface area contributed by atoms with Crippen molar-refractivity contribution < 1.29 is 22.8 Å². The number of benzene rings is 2. The number of likely N-dealkylation sites (N-methyl/N-ethyl adjacent to an activating group) is 1. The highest BCUT2D eigenvalue weighted by Crippen LogP contribution is 2.29. The van der Waals surface area contributed by atoms with Crippen LogP contribution in [0.25, 0.3) is 0 Å². The summed E-state index contributed by atoms with van der Waals surface area (Å²) in [7, 11) is -0.408. The summed E-state index contributed by atoms with van der Waals surface area (Å²) in [6.07, 6.45) is 0.675. The number of sulfonamides is 1. The summed E-state index contributed by atoms with van der Waals surface area (Å²) in [5.41, 5.74) is 0.907. The SMILES string of the molecule is CN1CCN(C(=O)CCCN(C)S(=O)(=O)c2ccc3c(c2)C(=O)c2ccccc2C3=O)CC1. The van der Waals surface area contributed by atoms with Gasteiger partial charge in [-0.15, -0.1) is 0 Å². The lowest BCUT2D eigenvalue weighted by Gasteiger charge is -2.32. The van der Waals surface area contributed by atoms with Gasteiger partial charge in [0.15, 0.2) is 11.6 Å². The Bertz CT molecular complexity index is 1220. The van der Waals surface area contributed by atoms with Crippen molar-refractivity contribution in [1.82, 2.24) is 14.1 Å². The van der Waals surface area contributed by atoms with Gasteiger partial charge in [0, 0.05) is 68.4 Å². The van der Waals surface area contributed by atoms with Crippen molar-refractivity contribution in [2.75, 3.05) is 46.8 Å². The second-order valence-electron chi connectivity index (χ2n) is 8.53. The Kier molecular flexibility index (Phi) is 6.47. The average Bonchev–Trinajstić information content (AvgIpc) is 2.82. The maximum Gasteiger partial charge on any atom is 0.242 e. The van der Waals surface area contributed by atoms with Crippen LogP contribution in [0.2, 0.25) is 0 Å². The van der Waals surface area contributed by atoms with Crippen LogP contribution >= 0.6 is 0 Å². The first-order valence-electron chi connectivity index (χ1n) is 11.0. The molecule has 174 valence electrons. The smallest absolute Gasteiger partial charge is 0.242 e. The lowest BCUT2D eigenvalue weighted by Crippen LogP contribution is -2.47. The van der Waals surface area contributed by atoms with Crippen LogP contribution < -0.4 is 0 Å². The van der Waals surface area contributed by atoms with Gasteiger partial charge in [-0.3, -0.25) is 14.4 Å². The van der Waals surface area contributed by atoms with Gasteiger partial charge in [0.1, 0.15) is 0 Å². The van der Waals surface area contributed by atoms with Gasteiger partial charge >= 0.3 is 0 Å². The van der Waals surface area contributed by atoms with Gasteiger partial charge in [0.05, 0.1) is 4.90 Å². The molecule has 33 heavy (non-hydrogen) atoms. The summed E-state index contributed by atoms with van der Waals surface area (Å²) >= 11 is 0. The molecule has 0 bridgehead atoms. The molecule has 1 fully saturated rings. The number of carbonyl (C=O) groups is 3. The van der Waals surface area contributed by atoms with Gasteiger partial charge in [0.2, 0.25) is 15.9 Å². The van der Waals surface area contributed by atoms with Gasteiger partial charge in [0.25, 0.3) is 0 Å². The Balaban J connectivity index is 1.45. The molecular formula is C24H27N3O5S. The third kappa shape index (κ3) is 4.48. The molecule has 0 aromatic heterocycles. The van der Waals surface area contributed by atoms with Gasteiger partial charge in [-0.1, -0.05) is 24.3 Å². The quantitative estimate of drug-likeness (QED) is 0.545. The monoisotopic (exact) mass is 469 g/mol. The lowest BCUT2D eigenvalue weighted by atomic mass is 9.84. The number of carbonyl (C=O) groups excluding carboxylic acids is 3. The number of rotatable bonds is 6. The fourth-order valence-corrected chi connectivity index (χ4v) is 5.44. The Hall–Kier alpha value is -2.88. The molecule has 4 rings (SSSR count). The second kappa shape index (κ2) is 9.17. The van der Waals surface area contributed by atoms with Crippen LogP contribution in [0.1, 0.15) is 44.7 Å². The summed E-state index contributed by atoms with van der Waals surface area (Å²) in [6.45, 7) is 3.23. The molecule has 1 aliphatic heterocycles. The van der Waals surface area contributed by atoms with Crippen molar-refractivity contribution >= 4 is 27.5 Å². The first-order chi connectivity index (χ1) is 15.7. The molecule has 0 saturated carbocycles. The van der Waals surface area contributed by atoms with Crippen molar-refractivity contribution in [1.29, 1.82) is 0 Å². The highest BCUT2D eigenvalue weighted by molar-refractivity contribution is 7.89. The maximum atomic E-state index is 13.1. The number of ketones is 2. The Labute approximate surface area is 193 Å². The first-order valence-corrected chi connectivity index (χ1v) is 12.4. The molecule has 2 aromatic rings. The van der Waals surface area contributed by atoms with Gasteiger partial charge in [-0.05, 0) is 31.7 Å². The largest absolute Gasteiger partial charge is 0.340 e. The van der Waals surface area contributed by atoms with E-state index < -0.39 is 10.0 Å². The van der Waals surface area contributed by atoms with Crippen molar-refractivity contribution in [2.45, 2.75) is 17.7 Å². The van der Waals surface area contributed by atoms with E-state index in [9.17, 15) is 22.8 Å². The lowest BCUT2D eigenvalue weighted by molar-refractivity contribution is -0.132. The zero-order valence-electron chi connectivity index (χ0n) is 18.8. The summed E-state index contributed by atoms with van der Waals surface area (Å²) in [4.78, 5) is 42.0. The highest BCUT2D eigenvalue weighted by Gasteiger charge is 2.31. The second-order valence-corrected chi connectivity index (χ2v) is 10.6. The molecule has 0 unspecified atom stereocenters. The van der Waals surface area contributed by atoms with Gasteiger partial charge in [-0.25, -0.2) is 12.7 Å². The predicted octanol–water partition coefficient (Wildman–Crippen LogP) is 1.64. The van der Waals surface area contributed by atoms with Crippen molar-refractivity contribution in [3.8, 4) is 0 Å². The topological polar surface area (TPSA) is 95.1 Å². The van der Waals surface area contributed by atoms with Crippen LogP contribution in [0.15, 0.2) is 47.4 Å². The van der Waals surface area contributed by atoms with E-state index in [-0.39, 0.29) is 52.0 Å². The van der Waals surface area contributed by atoms with Crippen LogP contribution in [0.5, 0.6) is 0 Å². The van der Waals surface area contributed by atoms with Crippen molar-refractivity contribution in [3.63, 3.8) is 0 Å². The highest BCUT2D eigenvalue weighted by atomic mass is 32.2. The molecular weight excluding hydrogens is 442 g/mol. The Morgan fingerprint density at radius 1 is 0.909 bits per heavy atom. The minimum Gasteiger partial charge on any atom is -0.340 e. The van der Waals surface area contributed by atoms with E-state index in [1.54, 1.807) is 24.3 Å². The van der Waals surface area contributed by atoms with Crippen LogP contribution in [-0.2, 0) is 14.8 Å². The van der Waals surface area contributed by atoms with E-state index in [1.807, 2.05) is 11.9 Å². The summed E-state index contributed by atoms with van der Waals surface area (Å²) in [5, 5.41) is 0. The third-order valence-corrected chi connectivity index (χ3v) is 8.18. The van der Waals surface area contributed by atoms with E-state index in [0.717, 1.165) is 13.1 Å². The number of amides is 1. The third-order valence-electron chi connectivity index (χ3n) is 6.32. The minimum absolute atomic E-state index is 0.0328. The molecule has 2 aliphatic rings. The normalized spacial score (nSPS) is 16.6. The predicted molar refractivity (Wildman–Crippen MR) is 123 cm³/mol. The van der Waals surface area contributed by atoms with Crippen LogP contribution in [0, 0.1) is 0 Å². The standard InChI is InChI=1S/C24H27N3O5S/c1-25-12-14-27(15-13-25)22(28)8-5-11-26(2)33(31,32)17-9-10-20-21(16-17)24(30)19-7-4-3-6-18(19)23(20)29/h3-4,6-7,9-10,16H,5,8,11-15H2,1-2H3. The van der Waals surface area contributed by atoms with E-state index in [4.69, 9.17) is 0 Å². The summed E-state index contributed by atoms with van der Waals surface area (Å²) in [6, 6.07) is 10.6. The molecule has 0 N–H and O–H groups in total. The molecule has 2 aromatic carbocycles. The number of nitrogens with zero attached hydrogens (tertiary/aromatic N) is 3. The van der Waals surface area contributed by atoms with Gasteiger partial charge in [-0.2, -0.15) is 0 Å². The van der Waals surface area contributed by atoms with E-state index in [0.29, 0.717) is 25.1 Å². The number of piperazine rings is 1. The number of fused-ring (bicyclic) bond motifs is 2. The number of hydrogen-bond donors (Lipinski definition) is 0. The molecule has 0 radical (unpaired) electrons. The van der Waals surface area contributed by atoms with E-state index in [1.165, 1.54) is 29.6 Å². The fourth-order valence-electron chi connectivity index (χ4n) is 4.21. The zero-order valence-corrected chi connectivity index (χ0v) is 19.6. The molecule has 1 amide bonds. The maximum absolute atomic E-state index is 13.1. The summed E-state index contributed by atoms with van der Waals surface area (Å²) in [5.74, 6) is -0.622. The fraction of sp³-hybridized carbons (Fsp3) is 0.375. The molecule has 1 saturated heterocycles. The first kappa shape index (κ1) is 23.3. The Morgan fingerprint density at radius 2 is 1.48 bits per heavy atom. The minimum atomic E-state index is -3.88. The molecule has 1 heterocycles. The molecule has 1 aliphatic carbocycles. The molecule has 0 atom stereocenters. The van der Waals surface area contributed by atoms with Crippen LogP contribution in [-0.4, -0.2) is 86.8 Å². The van der Waals surface area contributed by atoms with Crippen LogP contribution in [0.3, 0.4) is 0 Å². The van der Waals surface area contributed by atoms with Crippen molar-refractivity contribution in [3.05, 3.63) is 64.7 Å². The molecule has 9 heteroatoms. The van der Waals surface area contributed by atoms with Gasteiger partial charge < -0.3 is 9.80 Å². The zero-order chi connectivity index (χ0) is 23.8. The molecule has 8 nitrogen and oxygen atoms in total. The molecule has 0 spiro atoms. The van der Waals surface area contributed by atoms with Crippen LogP contribution in [0.4, 0.5) is 0 Å². The Morgan fingerprint density at radius 3 is 2.12 bits per heavy atom. The number of hydrogen-bond acceptors (Lipinski definition) is 6. The summed E-state index contributed by atoms with van der Waals surface area (Å²) < 4.78 is 27.4. The van der Waals surface area contributed by atoms with E-state index >= 15 is 0 Å². The van der Waals surface area contributed by atoms with Crippen molar-refractivity contribution in [2.24, 2.45) is 0 Å². The average molecular weight is 470 g/mol. The van der Waals surface area contributed by atoms with E-state index in [2.05, 4.69) is 4.90 Å².